The molecule has 1 aromatic rings. The van der Waals surface area contributed by atoms with E-state index in [2.05, 4.69) is 41.8 Å². The molecule has 0 saturated carbocycles. The molecule has 16 heavy (non-hydrogen) atoms. The highest BCUT2D eigenvalue weighted by Crippen LogP contribution is 2.12. The Kier molecular flexibility index (Phi) is 5.86. The van der Waals surface area contributed by atoms with E-state index in [-0.39, 0.29) is 0 Å². The first-order chi connectivity index (χ1) is 7.76. The second kappa shape index (κ2) is 7.23. The van der Waals surface area contributed by atoms with Gasteiger partial charge in [0.25, 0.3) is 0 Å². The topological polar surface area (TPSA) is 24.1 Å². The molecule has 0 unspecified atom stereocenters. The van der Waals surface area contributed by atoms with E-state index in [1.807, 2.05) is 7.05 Å². The van der Waals surface area contributed by atoms with Crippen LogP contribution in [0.25, 0.3) is 0 Å². The van der Waals surface area contributed by atoms with Crippen molar-refractivity contribution in [2.75, 3.05) is 12.4 Å². The molecule has 0 fully saturated rings. The standard InChI is InChI=1S/C13H20N2S/c1-3-4-5-6-11-7-9-12(10-8-11)15-13(16)14-2/h7-10H,3-6H2,1-2H3,(H2,14,15,16). The Morgan fingerprint density at radius 1 is 1.19 bits per heavy atom. The Labute approximate surface area is 103 Å². The van der Waals surface area contributed by atoms with E-state index >= 15 is 0 Å². The molecule has 0 spiro atoms. The Bertz CT molecular complexity index is 319. The molecule has 0 amide bonds. The minimum atomic E-state index is 0.652. The third kappa shape index (κ3) is 4.62. The Morgan fingerprint density at radius 3 is 2.44 bits per heavy atom. The highest BCUT2D eigenvalue weighted by molar-refractivity contribution is 7.80. The first kappa shape index (κ1) is 13.0. The lowest BCUT2D eigenvalue weighted by Crippen LogP contribution is -2.23. The van der Waals surface area contributed by atoms with Gasteiger partial charge in [-0.15, -0.1) is 0 Å². The SMILES string of the molecule is CCCCCc1ccc(NC(=S)NC)cc1. The fraction of sp³-hybridized carbons (Fsp3) is 0.462. The molecule has 0 aliphatic rings. The molecule has 0 radical (unpaired) electrons. The number of thiocarbonyl (C=S) groups is 1. The molecule has 0 heterocycles. The number of unbranched alkanes of at least 4 members (excludes halogenated alkanes) is 2. The predicted octanol–water partition coefficient (Wildman–Crippen LogP) is 3.34. The van der Waals surface area contributed by atoms with Crippen molar-refractivity contribution >= 4 is 23.0 Å². The molecule has 1 aromatic carbocycles. The van der Waals surface area contributed by atoms with Gasteiger partial charge in [0.1, 0.15) is 0 Å². The maximum atomic E-state index is 5.03. The van der Waals surface area contributed by atoms with Gasteiger partial charge in [0.05, 0.1) is 0 Å². The van der Waals surface area contributed by atoms with E-state index in [1.54, 1.807) is 0 Å². The van der Waals surface area contributed by atoms with E-state index in [4.69, 9.17) is 12.2 Å². The fourth-order valence-electron chi connectivity index (χ4n) is 1.53. The fourth-order valence-corrected chi connectivity index (χ4v) is 1.65. The van der Waals surface area contributed by atoms with Crippen molar-refractivity contribution in [3.8, 4) is 0 Å². The van der Waals surface area contributed by atoms with Gasteiger partial charge in [0.2, 0.25) is 0 Å². The van der Waals surface area contributed by atoms with Crippen LogP contribution in [0.1, 0.15) is 31.7 Å². The summed E-state index contributed by atoms with van der Waals surface area (Å²) in [7, 11) is 1.81. The van der Waals surface area contributed by atoms with E-state index in [1.165, 1.54) is 31.2 Å². The molecule has 3 heteroatoms. The van der Waals surface area contributed by atoms with E-state index in [0.29, 0.717) is 5.11 Å². The van der Waals surface area contributed by atoms with Crippen molar-refractivity contribution in [3.63, 3.8) is 0 Å². The molecule has 0 bridgehead atoms. The minimum absolute atomic E-state index is 0.652. The van der Waals surface area contributed by atoms with Crippen molar-refractivity contribution in [2.45, 2.75) is 32.6 Å². The molecule has 1 rings (SSSR count). The third-order valence-corrected chi connectivity index (χ3v) is 2.81. The van der Waals surface area contributed by atoms with E-state index in [0.717, 1.165) is 5.69 Å². The summed E-state index contributed by atoms with van der Waals surface area (Å²) in [4.78, 5) is 0. The first-order valence-corrected chi connectivity index (χ1v) is 6.24. The van der Waals surface area contributed by atoms with Crippen LogP contribution in [0.3, 0.4) is 0 Å². The van der Waals surface area contributed by atoms with Gasteiger partial charge in [0, 0.05) is 12.7 Å². The minimum Gasteiger partial charge on any atom is -0.366 e. The molecule has 0 aromatic heterocycles. The molecule has 0 aliphatic carbocycles. The summed E-state index contributed by atoms with van der Waals surface area (Å²) in [6, 6.07) is 8.47. The van der Waals surface area contributed by atoms with Crippen LogP contribution in [0, 0.1) is 0 Å². The molecular weight excluding hydrogens is 216 g/mol. The van der Waals surface area contributed by atoms with E-state index in [9.17, 15) is 0 Å². The molecule has 88 valence electrons. The van der Waals surface area contributed by atoms with Crippen molar-refractivity contribution in [2.24, 2.45) is 0 Å². The summed E-state index contributed by atoms with van der Waals surface area (Å²) < 4.78 is 0. The number of benzene rings is 1. The second-order valence-corrected chi connectivity index (χ2v) is 4.27. The molecule has 2 N–H and O–H groups in total. The van der Waals surface area contributed by atoms with Crippen LogP contribution in [-0.2, 0) is 6.42 Å². The summed E-state index contributed by atoms with van der Waals surface area (Å²) in [5.74, 6) is 0. The summed E-state index contributed by atoms with van der Waals surface area (Å²) in [6.07, 6.45) is 5.03. The van der Waals surface area contributed by atoms with Gasteiger partial charge in [0.15, 0.2) is 5.11 Å². The average Bonchev–Trinajstić information content (AvgIpc) is 2.31. The van der Waals surface area contributed by atoms with Crippen LogP contribution in [0.2, 0.25) is 0 Å². The van der Waals surface area contributed by atoms with Crippen LogP contribution in [0.15, 0.2) is 24.3 Å². The predicted molar refractivity (Wildman–Crippen MR) is 75.0 cm³/mol. The number of hydrogen-bond acceptors (Lipinski definition) is 1. The summed E-state index contributed by atoms with van der Waals surface area (Å²) >= 11 is 5.03. The maximum Gasteiger partial charge on any atom is 0.170 e. The van der Waals surface area contributed by atoms with E-state index < -0.39 is 0 Å². The van der Waals surface area contributed by atoms with Crippen LogP contribution in [-0.4, -0.2) is 12.2 Å². The number of rotatable bonds is 5. The van der Waals surface area contributed by atoms with Crippen LogP contribution < -0.4 is 10.6 Å². The zero-order chi connectivity index (χ0) is 11.8. The smallest absolute Gasteiger partial charge is 0.170 e. The first-order valence-electron chi connectivity index (χ1n) is 5.84. The molecule has 0 atom stereocenters. The maximum absolute atomic E-state index is 5.03. The third-order valence-electron chi connectivity index (χ3n) is 2.51. The number of hydrogen-bond donors (Lipinski definition) is 2. The Morgan fingerprint density at radius 2 is 1.88 bits per heavy atom. The molecule has 0 saturated heterocycles. The quantitative estimate of drug-likeness (QED) is 0.605. The highest BCUT2D eigenvalue weighted by atomic mass is 32.1. The van der Waals surface area contributed by atoms with Gasteiger partial charge < -0.3 is 10.6 Å². The van der Waals surface area contributed by atoms with Crippen molar-refractivity contribution in [1.29, 1.82) is 0 Å². The lowest BCUT2D eigenvalue weighted by Gasteiger charge is -2.07. The van der Waals surface area contributed by atoms with Crippen molar-refractivity contribution in [1.82, 2.24) is 5.32 Å². The lowest BCUT2D eigenvalue weighted by molar-refractivity contribution is 0.717. The summed E-state index contributed by atoms with van der Waals surface area (Å²) in [6.45, 7) is 2.23. The van der Waals surface area contributed by atoms with Gasteiger partial charge in [-0.25, -0.2) is 0 Å². The van der Waals surface area contributed by atoms with Gasteiger partial charge >= 0.3 is 0 Å². The van der Waals surface area contributed by atoms with Crippen molar-refractivity contribution < 1.29 is 0 Å². The van der Waals surface area contributed by atoms with Crippen LogP contribution in [0.4, 0.5) is 5.69 Å². The second-order valence-electron chi connectivity index (χ2n) is 3.86. The number of nitrogens with one attached hydrogen (secondary N) is 2. The average molecular weight is 236 g/mol. The highest BCUT2D eigenvalue weighted by Gasteiger charge is 1.96. The summed E-state index contributed by atoms with van der Waals surface area (Å²) in [5, 5.41) is 6.65. The van der Waals surface area contributed by atoms with Gasteiger partial charge in [-0.3, -0.25) is 0 Å². The van der Waals surface area contributed by atoms with Crippen LogP contribution in [0.5, 0.6) is 0 Å². The normalized spacial score (nSPS) is 9.88. The largest absolute Gasteiger partial charge is 0.366 e. The van der Waals surface area contributed by atoms with Crippen molar-refractivity contribution in [3.05, 3.63) is 29.8 Å². The molecule has 0 aliphatic heterocycles. The number of anilines is 1. The molecule has 2 nitrogen and oxygen atoms in total. The Balaban J connectivity index is 2.44. The molecular formula is C13H20N2S. The van der Waals surface area contributed by atoms with Gasteiger partial charge in [-0.2, -0.15) is 0 Å². The monoisotopic (exact) mass is 236 g/mol. The summed E-state index contributed by atoms with van der Waals surface area (Å²) in [5.41, 5.74) is 2.44. The van der Waals surface area contributed by atoms with Gasteiger partial charge in [-0.05, 0) is 42.8 Å². The van der Waals surface area contributed by atoms with Crippen LogP contribution >= 0.6 is 12.2 Å². The number of aryl methyl sites for hydroxylation is 1. The lowest BCUT2D eigenvalue weighted by atomic mass is 10.1. The zero-order valence-corrected chi connectivity index (χ0v) is 10.9. The zero-order valence-electron chi connectivity index (χ0n) is 10.0. The Hall–Kier alpha value is -1.09. The van der Waals surface area contributed by atoms with Gasteiger partial charge in [-0.1, -0.05) is 31.9 Å².